The van der Waals surface area contributed by atoms with Gasteiger partial charge in [0.1, 0.15) is 5.60 Å². The van der Waals surface area contributed by atoms with Crippen molar-refractivity contribution in [2.24, 2.45) is 0 Å². The van der Waals surface area contributed by atoms with Crippen LogP contribution >= 0.6 is 0 Å². The van der Waals surface area contributed by atoms with E-state index in [-0.39, 0.29) is 6.04 Å². The summed E-state index contributed by atoms with van der Waals surface area (Å²) in [6, 6.07) is 10.5. The van der Waals surface area contributed by atoms with Crippen molar-refractivity contribution in [1.29, 1.82) is 0 Å². The molecule has 2 heterocycles. The number of piperidine rings is 2. The van der Waals surface area contributed by atoms with Crippen molar-refractivity contribution in [3.8, 4) is 0 Å². The Bertz CT molecular complexity index is 430. The quantitative estimate of drug-likeness (QED) is 0.894. The summed E-state index contributed by atoms with van der Waals surface area (Å²) in [5.41, 5.74) is 0.397. The SMILES string of the molecule is CN1CCC(O)(c2ccccc2)C(N2CCCCC2)C1. The lowest BCUT2D eigenvalue weighted by Gasteiger charge is -2.49. The normalized spacial score (nSPS) is 33.2. The van der Waals surface area contributed by atoms with Gasteiger partial charge in [0.15, 0.2) is 0 Å². The summed E-state index contributed by atoms with van der Waals surface area (Å²) in [7, 11) is 2.17. The Morgan fingerprint density at radius 1 is 1.05 bits per heavy atom. The third kappa shape index (κ3) is 2.62. The molecule has 2 aliphatic heterocycles. The maximum atomic E-state index is 11.4. The molecule has 1 aromatic rings. The van der Waals surface area contributed by atoms with Crippen LogP contribution in [0.25, 0.3) is 0 Å². The van der Waals surface area contributed by atoms with Gasteiger partial charge in [-0.25, -0.2) is 0 Å². The molecule has 0 saturated carbocycles. The van der Waals surface area contributed by atoms with Gasteiger partial charge in [-0.05, 0) is 45.0 Å². The average Bonchev–Trinajstić information content (AvgIpc) is 2.51. The third-order valence-electron chi connectivity index (χ3n) is 5.02. The van der Waals surface area contributed by atoms with Crippen molar-refractivity contribution in [2.45, 2.75) is 37.3 Å². The molecule has 1 aromatic carbocycles. The highest BCUT2D eigenvalue weighted by Crippen LogP contribution is 2.36. The molecule has 3 rings (SSSR count). The van der Waals surface area contributed by atoms with Gasteiger partial charge in [0.25, 0.3) is 0 Å². The fourth-order valence-electron chi connectivity index (χ4n) is 3.78. The van der Waals surface area contributed by atoms with Gasteiger partial charge in [-0.3, -0.25) is 4.90 Å². The first-order chi connectivity index (χ1) is 9.70. The van der Waals surface area contributed by atoms with Gasteiger partial charge in [-0.2, -0.15) is 0 Å². The van der Waals surface area contributed by atoms with E-state index in [1.165, 1.54) is 19.3 Å². The highest BCUT2D eigenvalue weighted by atomic mass is 16.3. The van der Waals surface area contributed by atoms with E-state index >= 15 is 0 Å². The second-order valence-electron chi connectivity index (χ2n) is 6.41. The molecule has 110 valence electrons. The highest BCUT2D eigenvalue weighted by Gasteiger charge is 2.45. The van der Waals surface area contributed by atoms with E-state index < -0.39 is 5.60 Å². The Balaban J connectivity index is 1.89. The molecule has 0 aliphatic carbocycles. The van der Waals surface area contributed by atoms with E-state index in [0.29, 0.717) is 0 Å². The summed E-state index contributed by atoms with van der Waals surface area (Å²) in [4.78, 5) is 4.88. The Morgan fingerprint density at radius 2 is 1.75 bits per heavy atom. The fourth-order valence-corrected chi connectivity index (χ4v) is 3.78. The largest absolute Gasteiger partial charge is 0.383 e. The van der Waals surface area contributed by atoms with E-state index in [0.717, 1.165) is 38.2 Å². The summed E-state index contributed by atoms with van der Waals surface area (Å²) in [6.45, 7) is 4.20. The number of rotatable bonds is 2. The van der Waals surface area contributed by atoms with E-state index in [2.05, 4.69) is 29.0 Å². The maximum absolute atomic E-state index is 11.4. The number of likely N-dealkylation sites (N-methyl/N-ethyl adjacent to an activating group) is 1. The van der Waals surface area contributed by atoms with Crippen LogP contribution in [0.3, 0.4) is 0 Å². The molecule has 0 bridgehead atoms. The first-order valence-electron chi connectivity index (χ1n) is 7.91. The second kappa shape index (κ2) is 5.84. The van der Waals surface area contributed by atoms with E-state index in [4.69, 9.17) is 0 Å². The molecule has 2 fully saturated rings. The lowest BCUT2D eigenvalue weighted by molar-refractivity contribution is -0.0994. The molecule has 3 heteroatoms. The smallest absolute Gasteiger partial charge is 0.108 e. The Morgan fingerprint density at radius 3 is 2.45 bits per heavy atom. The zero-order valence-corrected chi connectivity index (χ0v) is 12.5. The summed E-state index contributed by atoms with van der Waals surface area (Å²) >= 11 is 0. The zero-order chi connectivity index (χ0) is 14.0. The van der Waals surface area contributed by atoms with E-state index in [1.54, 1.807) is 0 Å². The van der Waals surface area contributed by atoms with Crippen molar-refractivity contribution in [2.75, 3.05) is 33.2 Å². The maximum Gasteiger partial charge on any atom is 0.108 e. The molecule has 1 N–H and O–H groups in total. The van der Waals surface area contributed by atoms with Crippen molar-refractivity contribution < 1.29 is 5.11 Å². The molecular formula is C17H26N2O. The van der Waals surface area contributed by atoms with E-state index in [9.17, 15) is 5.11 Å². The van der Waals surface area contributed by atoms with Crippen LogP contribution in [0.5, 0.6) is 0 Å². The van der Waals surface area contributed by atoms with Crippen LogP contribution < -0.4 is 0 Å². The number of aliphatic hydroxyl groups is 1. The minimum Gasteiger partial charge on any atom is -0.383 e. The number of nitrogens with zero attached hydrogens (tertiary/aromatic N) is 2. The Labute approximate surface area is 122 Å². The van der Waals surface area contributed by atoms with Gasteiger partial charge in [-0.15, -0.1) is 0 Å². The summed E-state index contributed by atoms with van der Waals surface area (Å²) in [6.07, 6.45) is 4.70. The standard InChI is InChI=1S/C17H26N2O/c1-18-13-10-17(20,15-8-4-2-5-9-15)16(14-18)19-11-6-3-7-12-19/h2,4-5,8-9,16,20H,3,6-7,10-14H2,1H3. The molecule has 2 aliphatic rings. The van der Waals surface area contributed by atoms with Crippen LogP contribution in [-0.4, -0.2) is 54.2 Å². The van der Waals surface area contributed by atoms with Gasteiger partial charge in [0.05, 0.1) is 6.04 Å². The van der Waals surface area contributed by atoms with Gasteiger partial charge in [0, 0.05) is 13.1 Å². The lowest BCUT2D eigenvalue weighted by Crippen LogP contribution is -2.60. The predicted octanol–water partition coefficient (Wildman–Crippen LogP) is 2.06. The highest BCUT2D eigenvalue weighted by molar-refractivity contribution is 5.26. The van der Waals surface area contributed by atoms with Crippen LogP contribution in [0, 0.1) is 0 Å². The van der Waals surface area contributed by atoms with Crippen molar-refractivity contribution >= 4 is 0 Å². The zero-order valence-electron chi connectivity index (χ0n) is 12.5. The second-order valence-corrected chi connectivity index (χ2v) is 6.41. The number of hydrogen-bond acceptors (Lipinski definition) is 3. The molecule has 2 atom stereocenters. The molecule has 3 nitrogen and oxygen atoms in total. The molecule has 0 radical (unpaired) electrons. The molecular weight excluding hydrogens is 248 g/mol. The van der Waals surface area contributed by atoms with Crippen LogP contribution in [0.1, 0.15) is 31.2 Å². The van der Waals surface area contributed by atoms with Crippen LogP contribution in [-0.2, 0) is 5.60 Å². The van der Waals surface area contributed by atoms with Gasteiger partial charge in [-0.1, -0.05) is 36.8 Å². The molecule has 2 unspecified atom stereocenters. The third-order valence-corrected chi connectivity index (χ3v) is 5.02. The first kappa shape index (κ1) is 14.1. The van der Waals surface area contributed by atoms with E-state index in [1.807, 2.05) is 18.2 Å². The first-order valence-corrected chi connectivity index (χ1v) is 7.91. The molecule has 20 heavy (non-hydrogen) atoms. The molecule has 2 saturated heterocycles. The molecule has 0 spiro atoms. The van der Waals surface area contributed by atoms with Gasteiger partial charge < -0.3 is 10.0 Å². The average molecular weight is 274 g/mol. The Hall–Kier alpha value is -0.900. The lowest BCUT2D eigenvalue weighted by atomic mass is 9.79. The fraction of sp³-hybridized carbons (Fsp3) is 0.647. The number of hydrogen-bond donors (Lipinski definition) is 1. The van der Waals surface area contributed by atoms with Crippen molar-refractivity contribution in [3.63, 3.8) is 0 Å². The number of benzene rings is 1. The summed E-state index contributed by atoms with van der Waals surface area (Å²) in [5.74, 6) is 0. The summed E-state index contributed by atoms with van der Waals surface area (Å²) < 4.78 is 0. The topological polar surface area (TPSA) is 26.7 Å². The van der Waals surface area contributed by atoms with Gasteiger partial charge in [0.2, 0.25) is 0 Å². The van der Waals surface area contributed by atoms with Gasteiger partial charge >= 0.3 is 0 Å². The monoisotopic (exact) mass is 274 g/mol. The minimum absolute atomic E-state index is 0.226. The molecule has 0 amide bonds. The predicted molar refractivity (Wildman–Crippen MR) is 81.7 cm³/mol. The Kier molecular flexibility index (Phi) is 4.11. The van der Waals surface area contributed by atoms with Crippen LogP contribution in [0.15, 0.2) is 30.3 Å². The van der Waals surface area contributed by atoms with Crippen molar-refractivity contribution in [1.82, 2.24) is 9.80 Å². The molecule has 0 aromatic heterocycles. The van der Waals surface area contributed by atoms with Crippen molar-refractivity contribution in [3.05, 3.63) is 35.9 Å². The van der Waals surface area contributed by atoms with Crippen LogP contribution in [0.2, 0.25) is 0 Å². The van der Waals surface area contributed by atoms with Crippen LogP contribution in [0.4, 0.5) is 0 Å². The minimum atomic E-state index is -0.689. The summed E-state index contributed by atoms with van der Waals surface area (Å²) in [5, 5.41) is 11.4. The number of likely N-dealkylation sites (tertiary alicyclic amines) is 2.